The lowest BCUT2D eigenvalue weighted by atomic mass is 9.83. The number of aromatic amines is 1. The number of aromatic nitrogens is 3. The van der Waals surface area contributed by atoms with Gasteiger partial charge in [-0.15, -0.1) is 0 Å². The summed E-state index contributed by atoms with van der Waals surface area (Å²) in [5.74, 6) is 2.76. The minimum absolute atomic E-state index is 0.214. The second-order valence-electron chi connectivity index (χ2n) is 8.47. The summed E-state index contributed by atoms with van der Waals surface area (Å²) in [5.41, 5.74) is 3.92. The van der Waals surface area contributed by atoms with E-state index in [9.17, 15) is 0 Å². The number of imidazole rings is 1. The molecule has 2 aromatic carbocycles. The quantitative estimate of drug-likeness (QED) is 0.373. The average molecular weight is 423 g/mol. The topological polar surface area (TPSA) is 53.6 Å². The first kappa shape index (κ1) is 17.5. The number of nitrogens with zero attached hydrogens (tertiary/aromatic N) is 2. The van der Waals surface area contributed by atoms with Crippen LogP contribution in [0.2, 0.25) is 10.0 Å². The summed E-state index contributed by atoms with van der Waals surface area (Å²) in [6.07, 6.45) is 6.37. The Bertz CT molecular complexity index is 1250. The third kappa shape index (κ3) is 2.73. The molecule has 2 fully saturated rings. The number of anilines is 2. The van der Waals surface area contributed by atoms with E-state index in [1.165, 1.54) is 32.1 Å². The van der Waals surface area contributed by atoms with E-state index in [0.717, 1.165) is 45.2 Å². The van der Waals surface area contributed by atoms with Gasteiger partial charge in [-0.1, -0.05) is 41.4 Å². The Morgan fingerprint density at radius 3 is 2.59 bits per heavy atom. The molecule has 2 saturated carbocycles. The second-order valence-corrected chi connectivity index (χ2v) is 9.28. The van der Waals surface area contributed by atoms with Crippen LogP contribution in [0.25, 0.3) is 21.9 Å². The molecule has 4 nitrogen and oxygen atoms in total. The molecule has 6 heteroatoms. The third-order valence-corrected chi connectivity index (χ3v) is 7.50. The van der Waals surface area contributed by atoms with Crippen molar-refractivity contribution < 1.29 is 0 Å². The van der Waals surface area contributed by atoms with Crippen molar-refractivity contribution in [3.05, 3.63) is 58.3 Å². The molecule has 0 aliphatic heterocycles. The van der Waals surface area contributed by atoms with Gasteiger partial charge in [0.05, 0.1) is 15.6 Å². The number of fused-ring (bicyclic) bond motifs is 5. The van der Waals surface area contributed by atoms with Crippen LogP contribution in [-0.2, 0) is 5.41 Å². The molecule has 0 amide bonds. The van der Waals surface area contributed by atoms with E-state index in [1.807, 2.05) is 30.3 Å². The van der Waals surface area contributed by atoms with Crippen LogP contribution in [-0.4, -0.2) is 15.0 Å². The van der Waals surface area contributed by atoms with E-state index < -0.39 is 0 Å². The molecule has 0 radical (unpaired) electrons. The molecule has 2 aliphatic rings. The highest BCUT2D eigenvalue weighted by atomic mass is 35.5. The summed E-state index contributed by atoms with van der Waals surface area (Å²) in [5, 5.41) is 5.55. The highest BCUT2D eigenvalue weighted by molar-refractivity contribution is 6.42. The number of H-pyrrole nitrogens is 1. The standard InChI is InChI=1S/C23H20Cl2N4/c24-16-6-5-14(11-17(16)25)26-21-20-19(15-3-1-2-4-18(15)27-21)28-22(29-20)23-9-7-13(12-23)8-10-23/h1-6,11,13H,7-10,12H2,(H,26,27)(H,28,29). The molecule has 6 rings (SSSR count). The first-order valence-electron chi connectivity index (χ1n) is 10.1. The molecule has 2 aromatic heterocycles. The van der Waals surface area contributed by atoms with Gasteiger partial charge in [0.15, 0.2) is 5.82 Å². The van der Waals surface area contributed by atoms with Crippen LogP contribution >= 0.6 is 23.2 Å². The minimum Gasteiger partial charge on any atom is -0.338 e. The predicted molar refractivity (Wildman–Crippen MR) is 119 cm³/mol. The smallest absolute Gasteiger partial charge is 0.157 e. The molecule has 4 aromatic rings. The van der Waals surface area contributed by atoms with Crippen molar-refractivity contribution in [2.45, 2.75) is 37.5 Å². The summed E-state index contributed by atoms with van der Waals surface area (Å²) < 4.78 is 0. The average Bonchev–Trinajstić information content (AvgIpc) is 3.46. The fourth-order valence-electron chi connectivity index (χ4n) is 5.26. The molecule has 0 unspecified atom stereocenters. The molecular weight excluding hydrogens is 403 g/mol. The largest absolute Gasteiger partial charge is 0.338 e. The van der Waals surface area contributed by atoms with Crippen molar-refractivity contribution >= 4 is 56.6 Å². The van der Waals surface area contributed by atoms with E-state index >= 15 is 0 Å². The summed E-state index contributed by atoms with van der Waals surface area (Å²) in [7, 11) is 0. The Balaban J connectivity index is 1.54. The van der Waals surface area contributed by atoms with Crippen LogP contribution in [0.1, 0.15) is 37.9 Å². The van der Waals surface area contributed by atoms with Gasteiger partial charge >= 0.3 is 0 Å². The number of para-hydroxylation sites is 1. The summed E-state index contributed by atoms with van der Waals surface area (Å²) >= 11 is 12.3. The van der Waals surface area contributed by atoms with Crippen molar-refractivity contribution in [1.82, 2.24) is 15.0 Å². The van der Waals surface area contributed by atoms with Gasteiger partial charge in [-0.2, -0.15) is 0 Å². The number of nitrogens with one attached hydrogen (secondary N) is 2. The van der Waals surface area contributed by atoms with Crippen molar-refractivity contribution in [3.63, 3.8) is 0 Å². The van der Waals surface area contributed by atoms with Gasteiger partial charge in [0.25, 0.3) is 0 Å². The zero-order valence-corrected chi connectivity index (χ0v) is 17.3. The molecule has 0 spiro atoms. The second kappa shape index (κ2) is 6.35. The van der Waals surface area contributed by atoms with Crippen molar-refractivity contribution in [2.24, 2.45) is 5.92 Å². The molecule has 2 N–H and O–H groups in total. The van der Waals surface area contributed by atoms with E-state index in [4.69, 9.17) is 33.2 Å². The van der Waals surface area contributed by atoms with Gasteiger partial charge < -0.3 is 10.3 Å². The molecule has 29 heavy (non-hydrogen) atoms. The maximum atomic E-state index is 6.21. The lowest BCUT2D eigenvalue weighted by molar-refractivity contribution is 0.402. The Morgan fingerprint density at radius 1 is 1.00 bits per heavy atom. The van der Waals surface area contributed by atoms with Crippen LogP contribution in [0, 0.1) is 5.92 Å². The van der Waals surface area contributed by atoms with Gasteiger partial charge in [-0.05, 0) is 62.3 Å². The highest BCUT2D eigenvalue weighted by Gasteiger charge is 2.48. The zero-order valence-electron chi connectivity index (χ0n) is 15.8. The van der Waals surface area contributed by atoms with Crippen molar-refractivity contribution in [3.8, 4) is 0 Å². The monoisotopic (exact) mass is 422 g/mol. The lowest BCUT2D eigenvalue weighted by Crippen LogP contribution is -2.21. The predicted octanol–water partition coefficient (Wildman–Crippen LogP) is 6.99. The van der Waals surface area contributed by atoms with Crippen LogP contribution in [0.15, 0.2) is 42.5 Å². The normalized spacial score (nSPS) is 23.3. The molecule has 0 saturated heterocycles. The van der Waals surface area contributed by atoms with Gasteiger partial charge in [0.1, 0.15) is 16.9 Å². The van der Waals surface area contributed by atoms with Gasteiger partial charge in [0.2, 0.25) is 0 Å². The molecule has 2 heterocycles. The van der Waals surface area contributed by atoms with Crippen molar-refractivity contribution in [2.75, 3.05) is 5.32 Å². The Kier molecular flexibility index (Phi) is 3.84. The molecule has 0 atom stereocenters. The minimum atomic E-state index is 0.214. The number of rotatable bonds is 3. The van der Waals surface area contributed by atoms with Crippen LogP contribution < -0.4 is 5.32 Å². The molecule has 2 bridgehead atoms. The van der Waals surface area contributed by atoms with Crippen LogP contribution in [0.5, 0.6) is 0 Å². The third-order valence-electron chi connectivity index (χ3n) is 6.76. The molecule has 2 aliphatic carbocycles. The number of pyridine rings is 1. The number of hydrogen-bond acceptors (Lipinski definition) is 3. The summed E-state index contributed by atoms with van der Waals surface area (Å²) in [4.78, 5) is 13.7. The zero-order chi connectivity index (χ0) is 19.6. The maximum Gasteiger partial charge on any atom is 0.157 e. The Labute approximate surface area is 178 Å². The number of hydrogen-bond donors (Lipinski definition) is 2. The molecular formula is C23H20Cl2N4. The van der Waals surface area contributed by atoms with Crippen LogP contribution in [0.4, 0.5) is 11.5 Å². The fourth-order valence-corrected chi connectivity index (χ4v) is 5.56. The first-order chi connectivity index (χ1) is 14.1. The van der Waals surface area contributed by atoms with E-state index in [0.29, 0.717) is 10.0 Å². The lowest BCUT2D eigenvalue weighted by Gasteiger charge is -2.23. The van der Waals surface area contributed by atoms with Gasteiger partial charge in [-0.3, -0.25) is 0 Å². The van der Waals surface area contributed by atoms with Gasteiger partial charge in [0, 0.05) is 16.5 Å². The SMILES string of the molecule is Clc1ccc(Nc2nc3ccccc3c3nc(C45CCC(CC4)C5)[nH]c23)cc1Cl. The van der Waals surface area contributed by atoms with E-state index in [2.05, 4.69) is 16.4 Å². The van der Waals surface area contributed by atoms with Gasteiger partial charge in [-0.25, -0.2) is 9.97 Å². The fraction of sp³-hybridized carbons (Fsp3) is 0.304. The van der Waals surface area contributed by atoms with Crippen molar-refractivity contribution in [1.29, 1.82) is 0 Å². The highest BCUT2D eigenvalue weighted by Crippen LogP contribution is 2.55. The Morgan fingerprint density at radius 2 is 1.83 bits per heavy atom. The van der Waals surface area contributed by atoms with Crippen LogP contribution in [0.3, 0.4) is 0 Å². The Hall–Kier alpha value is -2.30. The molecule has 146 valence electrons. The first-order valence-corrected chi connectivity index (χ1v) is 10.9. The summed E-state index contributed by atoms with van der Waals surface area (Å²) in [6, 6.07) is 13.7. The van der Waals surface area contributed by atoms with E-state index in [-0.39, 0.29) is 5.41 Å². The number of halogens is 2. The van der Waals surface area contributed by atoms with E-state index in [1.54, 1.807) is 6.07 Å². The number of benzene rings is 2. The summed E-state index contributed by atoms with van der Waals surface area (Å²) in [6.45, 7) is 0. The maximum absolute atomic E-state index is 6.21.